The number of rotatable bonds is 14. The van der Waals surface area contributed by atoms with E-state index in [1.54, 1.807) is 31.2 Å². The van der Waals surface area contributed by atoms with Crippen molar-refractivity contribution >= 4 is 23.5 Å². The highest BCUT2D eigenvalue weighted by Gasteiger charge is 2.57. The van der Waals surface area contributed by atoms with Gasteiger partial charge in [-0.15, -0.1) is 0 Å². The molecule has 3 saturated carbocycles. The van der Waals surface area contributed by atoms with E-state index >= 15 is 0 Å². The number of nitrogens with one attached hydrogen (secondary N) is 2. The highest BCUT2D eigenvalue weighted by Crippen LogP contribution is 2.61. The number of methoxy groups -OCH3 is 1. The molecule has 1 heterocycles. The Morgan fingerprint density at radius 2 is 1.78 bits per heavy atom. The van der Waals surface area contributed by atoms with Gasteiger partial charge >= 0.3 is 5.97 Å². The maximum atomic E-state index is 14.2. The molecule has 4 aliphatic rings. The van der Waals surface area contributed by atoms with Crippen molar-refractivity contribution in [3.05, 3.63) is 83.4 Å². The summed E-state index contributed by atoms with van der Waals surface area (Å²) in [7, 11) is 5.26. The van der Waals surface area contributed by atoms with Crippen LogP contribution in [-0.2, 0) is 27.4 Å². The number of carboxylic acid groups (broad SMARTS) is 1. The maximum Gasteiger partial charge on any atom is 0.326 e. The molecule has 12 nitrogen and oxygen atoms in total. The number of fused-ring (bicyclic) bond motifs is 2. The number of hydrogen-bond donors (Lipinski definition) is 5. The number of aliphatic hydroxyl groups is 2. The first-order valence-corrected chi connectivity index (χ1v) is 19.2. The Morgan fingerprint density at radius 3 is 2.38 bits per heavy atom. The lowest BCUT2D eigenvalue weighted by Gasteiger charge is -2.62. The third-order valence-corrected chi connectivity index (χ3v) is 12.6. The molecule has 0 aromatic heterocycles. The minimum Gasteiger partial charge on any atom is -0.496 e. The number of aliphatic carboxylic acids is 1. The fraction of sp³-hybridized carbons (Fsp3) is 0.512. The van der Waals surface area contributed by atoms with E-state index in [1.807, 2.05) is 73.6 Å². The van der Waals surface area contributed by atoms with Gasteiger partial charge in [0.05, 0.1) is 26.4 Å². The van der Waals surface area contributed by atoms with Crippen molar-refractivity contribution in [3.63, 3.8) is 0 Å². The van der Waals surface area contributed by atoms with Crippen molar-refractivity contribution in [2.75, 3.05) is 32.7 Å². The second-order valence-corrected chi connectivity index (χ2v) is 16.4. The topological polar surface area (TPSA) is 161 Å². The Bertz CT molecular complexity index is 1870. The molecule has 55 heavy (non-hydrogen) atoms. The summed E-state index contributed by atoms with van der Waals surface area (Å²) in [6.45, 7) is 8.20. The van der Waals surface area contributed by atoms with Crippen LogP contribution >= 0.6 is 0 Å². The number of para-hydroxylation sites is 1. The zero-order valence-corrected chi connectivity index (χ0v) is 32.9. The number of benzene rings is 3. The van der Waals surface area contributed by atoms with Crippen LogP contribution in [0.1, 0.15) is 62.0 Å². The van der Waals surface area contributed by atoms with Crippen LogP contribution in [0, 0.1) is 29.1 Å². The molecule has 0 unspecified atom stereocenters. The molecule has 9 atom stereocenters. The number of amides is 2. The summed E-state index contributed by atoms with van der Waals surface area (Å²) >= 11 is 0. The zero-order valence-electron chi connectivity index (χ0n) is 32.9. The molecule has 1 aliphatic heterocycles. The summed E-state index contributed by atoms with van der Waals surface area (Å²) in [4.78, 5) is 48.3. The average molecular weight is 757 g/mol. The predicted molar refractivity (Wildman–Crippen MR) is 209 cm³/mol. The van der Waals surface area contributed by atoms with Gasteiger partial charge in [0.1, 0.15) is 23.9 Å². The van der Waals surface area contributed by atoms with Gasteiger partial charge in [0.15, 0.2) is 0 Å². The molecule has 0 spiro atoms. The quantitative estimate of drug-likeness (QED) is 0.158. The number of carbonyl (C=O) groups excluding carboxylic acids is 2. The Kier molecular flexibility index (Phi) is 11.9. The molecule has 4 fully saturated rings. The number of nitrogens with zero attached hydrogens (tertiary/aromatic N) is 2. The largest absolute Gasteiger partial charge is 0.496 e. The molecule has 3 aromatic rings. The van der Waals surface area contributed by atoms with E-state index in [0.29, 0.717) is 45.9 Å². The fourth-order valence-electron chi connectivity index (χ4n) is 9.28. The molecule has 7 rings (SSSR count). The number of anilines is 1. The molecular formula is C43H56N4O8. The first-order chi connectivity index (χ1) is 26.1. The zero-order chi connectivity index (χ0) is 39.8. The van der Waals surface area contributed by atoms with E-state index in [4.69, 9.17) is 9.57 Å². The lowest BCUT2D eigenvalue weighted by molar-refractivity contribution is -0.183. The van der Waals surface area contributed by atoms with Crippen molar-refractivity contribution in [1.82, 2.24) is 15.7 Å². The van der Waals surface area contributed by atoms with Gasteiger partial charge < -0.3 is 35.6 Å². The SMILES string of the molecule is COc1c(CN2O[C@@H](CO)[C@@H]([C@H](C)O)[C@H]2C(=O)N[C@H]2C[C@H]3C[C@@H]([C@@H]2C)C3(C)C)cccc1-c1cc(C(=O)N[C@@H](Cc2ccccc2)C(=O)O)cc(N(C)C)c1. The number of aliphatic hydroxyl groups excluding tert-OH is 2. The summed E-state index contributed by atoms with van der Waals surface area (Å²) in [5.74, 6) is -0.722. The van der Waals surface area contributed by atoms with Gasteiger partial charge in [-0.1, -0.05) is 69.3 Å². The van der Waals surface area contributed by atoms with Gasteiger partial charge in [-0.3, -0.25) is 14.4 Å². The normalized spacial score (nSPS) is 26.7. The van der Waals surface area contributed by atoms with Crippen LogP contribution < -0.4 is 20.3 Å². The lowest BCUT2D eigenvalue weighted by Crippen LogP contribution is -2.62. The Labute approximate surface area is 323 Å². The van der Waals surface area contributed by atoms with Gasteiger partial charge in [-0.05, 0) is 72.3 Å². The van der Waals surface area contributed by atoms with E-state index in [9.17, 15) is 29.7 Å². The molecule has 3 aliphatic carbocycles. The molecule has 5 N–H and O–H groups in total. The molecule has 1 saturated heterocycles. The number of carboxylic acids is 1. The van der Waals surface area contributed by atoms with Crippen molar-refractivity contribution in [3.8, 4) is 16.9 Å². The standard InChI is InChI=1S/C43H56N4O8/c1-24-33-20-30(43(33,3)4)21-34(24)44-41(51)38-37(25(2)49)36(23-48)55-47(38)22-27-14-11-15-32(39(27)54-7)28-17-29(19-31(18-28)46(5)6)40(50)45-35(42(52)53)16-26-12-9-8-10-13-26/h8-15,17-19,24-25,30,33-38,48-49H,16,20-23H2,1-7H3,(H,44,51)(H,45,50)(H,52,53)/t24-,25-,30+,33-,34-,35-,36-,37+,38-/m0/s1. The monoisotopic (exact) mass is 756 g/mol. The molecule has 296 valence electrons. The lowest BCUT2D eigenvalue weighted by atomic mass is 9.45. The van der Waals surface area contributed by atoms with Crippen LogP contribution in [-0.4, -0.2) is 96.3 Å². The molecule has 2 amide bonds. The van der Waals surface area contributed by atoms with Crippen molar-refractivity contribution < 1.29 is 39.3 Å². The van der Waals surface area contributed by atoms with Crippen LogP contribution in [0.15, 0.2) is 66.7 Å². The van der Waals surface area contributed by atoms with Gasteiger partial charge in [0.25, 0.3) is 5.91 Å². The first kappa shape index (κ1) is 40.2. The van der Waals surface area contributed by atoms with E-state index in [0.717, 1.165) is 12.0 Å². The van der Waals surface area contributed by atoms with Gasteiger partial charge in [-0.2, -0.15) is 5.06 Å². The third-order valence-electron chi connectivity index (χ3n) is 12.6. The van der Waals surface area contributed by atoms with Gasteiger partial charge in [0.2, 0.25) is 5.91 Å². The number of hydrogen-bond acceptors (Lipinski definition) is 9. The summed E-state index contributed by atoms with van der Waals surface area (Å²) in [5, 5.41) is 38.8. The first-order valence-electron chi connectivity index (χ1n) is 19.2. The molecule has 0 radical (unpaired) electrons. The van der Waals surface area contributed by atoms with Crippen LogP contribution in [0.4, 0.5) is 5.69 Å². The number of ether oxygens (including phenoxy) is 1. The number of hydroxylamine groups is 2. The van der Waals surface area contributed by atoms with Crippen LogP contribution in [0.25, 0.3) is 11.1 Å². The van der Waals surface area contributed by atoms with E-state index < -0.39 is 42.1 Å². The summed E-state index contributed by atoms with van der Waals surface area (Å²) in [5.41, 5.74) is 4.05. The minimum absolute atomic E-state index is 0.00583. The molecule has 2 bridgehead atoms. The highest BCUT2D eigenvalue weighted by atomic mass is 16.7. The van der Waals surface area contributed by atoms with E-state index in [1.165, 1.54) is 6.42 Å². The second-order valence-electron chi connectivity index (χ2n) is 16.4. The van der Waals surface area contributed by atoms with Gasteiger partial charge in [-0.25, -0.2) is 4.79 Å². The summed E-state index contributed by atoms with van der Waals surface area (Å²) < 4.78 is 6.03. The van der Waals surface area contributed by atoms with Crippen LogP contribution in [0.5, 0.6) is 5.75 Å². The summed E-state index contributed by atoms with van der Waals surface area (Å²) in [6.07, 6.45) is 0.475. The van der Waals surface area contributed by atoms with Crippen LogP contribution in [0.2, 0.25) is 0 Å². The smallest absolute Gasteiger partial charge is 0.326 e. The Morgan fingerprint density at radius 1 is 1.05 bits per heavy atom. The van der Waals surface area contributed by atoms with Crippen molar-refractivity contribution in [2.24, 2.45) is 29.1 Å². The van der Waals surface area contributed by atoms with E-state index in [-0.39, 0.29) is 42.5 Å². The fourth-order valence-corrected chi connectivity index (χ4v) is 9.28. The Balaban J connectivity index is 1.29. The maximum absolute atomic E-state index is 14.2. The van der Waals surface area contributed by atoms with Crippen molar-refractivity contribution in [2.45, 2.75) is 83.8 Å². The van der Waals surface area contributed by atoms with Crippen LogP contribution in [0.3, 0.4) is 0 Å². The Hall–Kier alpha value is -4.49. The molecular weight excluding hydrogens is 700 g/mol. The van der Waals surface area contributed by atoms with E-state index in [2.05, 4.69) is 31.4 Å². The predicted octanol–water partition coefficient (Wildman–Crippen LogP) is 4.51. The van der Waals surface area contributed by atoms with Crippen molar-refractivity contribution in [1.29, 1.82) is 0 Å². The minimum atomic E-state index is -1.14. The summed E-state index contributed by atoms with van der Waals surface area (Å²) in [6, 6.07) is 18.1. The average Bonchev–Trinajstić information content (AvgIpc) is 3.53. The third kappa shape index (κ3) is 8.09. The molecule has 12 heteroatoms. The number of carbonyl (C=O) groups is 3. The molecule has 3 aromatic carbocycles. The highest BCUT2D eigenvalue weighted by molar-refractivity contribution is 5.99. The van der Waals surface area contributed by atoms with Gasteiger partial charge in [0, 0.05) is 54.9 Å². The second kappa shape index (κ2) is 16.3.